The summed E-state index contributed by atoms with van der Waals surface area (Å²) in [4.78, 5) is 51.8. The minimum absolute atomic E-state index is 0.0914. The largest absolute Gasteiger partial charge is 0.493 e. The zero-order chi connectivity index (χ0) is 25.8. The van der Waals surface area contributed by atoms with E-state index in [2.05, 4.69) is 4.74 Å². The first kappa shape index (κ1) is 26.3. The zero-order valence-electron chi connectivity index (χ0n) is 20.9. The molecule has 0 radical (unpaired) electrons. The van der Waals surface area contributed by atoms with E-state index in [0.29, 0.717) is 37.6 Å². The molecule has 1 saturated heterocycles. The molecule has 3 amide bonds. The van der Waals surface area contributed by atoms with Gasteiger partial charge in [0.05, 0.1) is 20.3 Å². The highest BCUT2D eigenvalue weighted by atomic mass is 16.6. The van der Waals surface area contributed by atoms with Crippen molar-refractivity contribution < 1.29 is 33.4 Å². The number of esters is 1. The van der Waals surface area contributed by atoms with Gasteiger partial charge in [-0.2, -0.15) is 0 Å². The molecule has 1 fully saturated rings. The molecule has 0 bridgehead atoms. The molecule has 1 atom stereocenters. The number of primary amides is 1. The van der Waals surface area contributed by atoms with Crippen molar-refractivity contribution in [1.29, 1.82) is 0 Å². The lowest BCUT2D eigenvalue weighted by molar-refractivity contribution is -0.149. The van der Waals surface area contributed by atoms with Gasteiger partial charge in [0.2, 0.25) is 5.91 Å². The third-order valence-corrected chi connectivity index (χ3v) is 6.26. The molecule has 1 aromatic carbocycles. The van der Waals surface area contributed by atoms with Crippen molar-refractivity contribution in [3.05, 3.63) is 29.3 Å². The molecule has 35 heavy (non-hydrogen) atoms. The van der Waals surface area contributed by atoms with E-state index in [0.717, 1.165) is 18.4 Å². The van der Waals surface area contributed by atoms with Crippen molar-refractivity contribution in [3.8, 4) is 5.75 Å². The number of nitrogens with two attached hydrogens (primary N) is 1. The van der Waals surface area contributed by atoms with Crippen LogP contribution in [0.15, 0.2) is 18.2 Å². The van der Waals surface area contributed by atoms with Gasteiger partial charge in [-0.3, -0.25) is 14.4 Å². The van der Waals surface area contributed by atoms with Crippen LogP contribution in [-0.2, 0) is 25.6 Å². The molecule has 1 aromatic rings. The van der Waals surface area contributed by atoms with Gasteiger partial charge >= 0.3 is 12.1 Å². The smallest absolute Gasteiger partial charge is 0.410 e. The van der Waals surface area contributed by atoms with Crippen molar-refractivity contribution >= 4 is 23.9 Å². The Morgan fingerprint density at radius 3 is 2.46 bits per heavy atom. The Morgan fingerprint density at radius 1 is 1.17 bits per heavy atom. The molecule has 2 aliphatic heterocycles. The first-order chi connectivity index (χ1) is 16.5. The van der Waals surface area contributed by atoms with Gasteiger partial charge in [0, 0.05) is 30.8 Å². The van der Waals surface area contributed by atoms with Gasteiger partial charge in [-0.25, -0.2) is 4.79 Å². The fourth-order valence-corrected chi connectivity index (χ4v) is 4.30. The van der Waals surface area contributed by atoms with Crippen LogP contribution in [0.2, 0.25) is 0 Å². The lowest BCUT2D eigenvalue weighted by Gasteiger charge is -2.33. The number of benzene rings is 1. The number of nitrogens with zero attached hydrogens (tertiary/aromatic N) is 2. The molecule has 2 aliphatic rings. The predicted octanol–water partition coefficient (Wildman–Crippen LogP) is 2.33. The highest BCUT2D eigenvalue weighted by Gasteiger charge is 2.33. The maximum Gasteiger partial charge on any atom is 0.410 e. The average Bonchev–Trinajstić information content (AvgIpc) is 3.12. The lowest BCUT2D eigenvalue weighted by atomic mass is 9.98. The van der Waals surface area contributed by atoms with E-state index in [9.17, 15) is 19.2 Å². The topological polar surface area (TPSA) is 128 Å². The van der Waals surface area contributed by atoms with Crippen molar-refractivity contribution in [2.45, 2.75) is 52.2 Å². The quantitative estimate of drug-likeness (QED) is 0.438. The van der Waals surface area contributed by atoms with Crippen LogP contribution in [0.25, 0.3) is 0 Å². The maximum atomic E-state index is 12.9. The van der Waals surface area contributed by atoms with Crippen LogP contribution in [0.5, 0.6) is 5.75 Å². The molecule has 10 nitrogen and oxygen atoms in total. The van der Waals surface area contributed by atoms with Gasteiger partial charge in [0.25, 0.3) is 5.91 Å². The number of hydrogen-bond donors (Lipinski definition) is 1. The normalized spacial score (nSPS) is 17.1. The Labute approximate surface area is 205 Å². The van der Waals surface area contributed by atoms with Gasteiger partial charge in [-0.05, 0) is 58.1 Å². The van der Waals surface area contributed by atoms with Crippen LogP contribution in [0.1, 0.15) is 56.0 Å². The summed E-state index contributed by atoms with van der Waals surface area (Å²) in [5.41, 5.74) is 6.13. The summed E-state index contributed by atoms with van der Waals surface area (Å²) < 4.78 is 16.2. The third-order valence-electron chi connectivity index (χ3n) is 6.26. The minimum Gasteiger partial charge on any atom is -0.493 e. The molecule has 3 rings (SSSR count). The summed E-state index contributed by atoms with van der Waals surface area (Å²) in [5, 5.41) is 0. The summed E-state index contributed by atoms with van der Waals surface area (Å²) in [7, 11) is 1.19. The number of piperidine rings is 1. The number of hydrogen-bond acceptors (Lipinski definition) is 7. The molecular weight excluding hydrogens is 454 g/mol. The lowest BCUT2D eigenvalue weighted by Crippen LogP contribution is -2.42. The van der Waals surface area contributed by atoms with Crippen molar-refractivity contribution in [2.24, 2.45) is 17.6 Å². The van der Waals surface area contributed by atoms with Crippen LogP contribution in [0, 0.1) is 11.8 Å². The number of likely N-dealkylation sites (tertiary alicyclic amines) is 1. The van der Waals surface area contributed by atoms with E-state index in [1.807, 2.05) is 26.8 Å². The summed E-state index contributed by atoms with van der Waals surface area (Å²) in [6.07, 6.45) is 1.42. The SMILES string of the molecule is COC(=O)C(CCN1Cc2c(OCC3CCN(C(=O)OC(C)(C)C)CC3)cccc2C1=O)C(N)=O. The molecule has 0 aliphatic carbocycles. The average molecular weight is 490 g/mol. The highest BCUT2D eigenvalue weighted by molar-refractivity contribution is 5.99. The second-order valence-corrected chi connectivity index (χ2v) is 10.00. The number of ether oxygens (including phenoxy) is 3. The maximum absolute atomic E-state index is 12.9. The van der Waals surface area contributed by atoms with Gasteiger partial charge in [-0.1, -0.05) is 6.07 Å². The molecule has 10 heteroatoms. The van der Waals surface area contributed by atoms with Crippen molar-refractivity contribution in [1.82, 2.24) is 9.80 Å². The Morgan fingerprint density at radius 2 is 1.86 bits per heavy atom. The molecule has 0 saturated carbocycles. The van der Waals surface area contributed by atoms with Crippen LogP contribution in [-0.4, -0.2) is 72.6 Å². The second kappa shape index (κ2) is 11.0. The van der Waals surface area contributed by atoms with Crippen molar-refractivity contribution in [2.75, 3.05) is 33.4 Å². The number of methoxy groups -OCH3 is 1. The highest BCUT2D eigenvalue weighted by Crippen LogP contribution is 2.32. The van der Waals surface area contributed by atoms with E-state index < -0.39 is 23.4 Å². The predicted molar refractivity (Wildman–Crippen MR) is 127 cm³/mol. The van der Waals surface area contributed by atoms with E-state index in [1.54, 1.807) is 21.9 Å². The Bertz CT molecular complexity index is 964. The number of fused-ring (bicyclic) bond motifs is 1. The molecule has 2 heterocycles. The number of rotatable bonds is 8. The molecule has 0 spiro atoms. The van der Waals surface area contributed by atoms with Gasteiger partial charge in [-0.15, -0.1) is 0 Å². The van der Waals surface area contributed by atoms with Crippen LogP contribution in [0.3, 0.4) is 0 Å². The van der Waals surface area contributed by atoms with Gasteiger partial charge in [0.15, 0.2) is 0 Å². The van der Waals surface area contributed by atoms with E-state index in [1.165, 1.54) is 7.11 Å². The molecule has 0 aromatic heterocycles. The van der Waals surface area contributed by atoms with Gasteiger partial charge < -0.3 is 29.7 Å². The third kappa shape index (κ3) is 6.64. The monoisotopic (exact) mass is 489 g/mol. The summed E-state index contributed by atoms with van der Waals surface area (Å²) in [6, 6.07) is 5.36. The fraction of sp³-hybridized carbons (Fsp3) is 0.600. The van der Waals surface area contributed by atoms with Crippen LogP contribution in [0.4, 0.5) is 4.79 Å². The summed E-state index contributed by atoms with van der Waals surface area (Å²) >= 11 is 0. The molecule has 192 valence electrons. The number of carbonyl (C=O) groups excluding carboxylic acids is 4. The van der Waals surface area contributed by atoms with E-state index in [4.69, 9.17) is 15.2 Å². The number of amides is 3. The van der Waals surface area contributed by atoms with E-state index >= 15 is 0 Å². The molecular formula is C25H35N3O7. The van der Waals surface area contributed by atoms with E-state index in [-0.39, 0.29) is 30.9 Å². The minimum atomic E-state index is -1.10. The standard InChI is InChI=1S/C25H35N3O7/c1-25(2,3)35-24(32)27-11-8-16(9-12-27)15-34-20-7-5-6-17-19(20)14-28(22(17)30)13-10-18(21(26)29)23(31)33-4/h5-7,16,18H,8-15H2,1-4H3,(H2,26,29). The Kier molecular flexibility index (Phi) is 8.24. The van der Waals surface area contributed by atoms with Gasteiger partial charge in [0.1, 0.15) is 17.3 Å². The summed E-state index contributed by atoms with van der Waals surface area (Å²) in [5.74, 6) is -1.82. The Balaban J connectivity index is 1.54. The first-order valence-corrected chi connectivity index (χ1v) is 11.9. The first-order valence-electron chi connectivity index (χ1n) is 11.9. The number of carbonyl (C=O) groups is 4. The Hall–Kier alpha value is -3.30. The second-order valence-electron chi connectivity index (χ2n) is 10.00. The van der Waals surface area contributed by atoms with Crippen LogP contribution < -0.4 is 10.5 Å². The fourth-order valence-electron chi connectivity index (χ4n) is 4.30. The summed E-state index contributed by atoms with van der Waals surface area (Å²) in [6.45, 7) is 7.79. The molecule has 1 unspecified atom stereocenters. The van der Waals surface area contributed by atoms with Crippen molar-refractivity contribution in [3.63, 3.8) is 0 Å². The zero-order valence-corrected chi connectivity index (χ0v) is 20.9. The molecule has 2 N–H and O–H groups in total. The van der Waals surface area contributed by atoms with Crippen LogP contribution >= 0.6 is 0 Å².